The van der Waals surface area contributed by atoms with Crippen LogP contribution in [0.25, 0.3) is 0 Å². The largest absolute Gasteiger partial charge is 0.348 e. The van der Waals surface area contributed by atoms with Crippen LogP contribution in [-0.4, -0.2) is 36.9 Å². The van der Waals surface area contributed by atoms with Crippen LogP contribution in [0.3, 0.4) is 0 Å². The van der Waals surface area contributed by atoms with Gasteiger partial charge in [0.1, 0.15) is 0 Å². The van der Waals surface area contributed by atoms with Crippen LogP contribution in [0, 0.1) is 13.8 Å². The molecular weight excluding hydrogens is 334 g/mol. The molecule has 25 heavy (non-hydrogen) atoms. The highest BCUT2D eigenvalue weighted by molar-refractivity contribution is 7.10. The third kappa shape index (κ3) is 5.69. The smallest absolute Gasteiger partial charge is 0.238 e. The van der Waals surface area contributed by atoms with Gasteiger partial charge in [-0.05, 0) is 56.5 Å². The highest BCUT2D eigenvalue weighted by Crippen LogP contribution is 2.18. The maximum atomic E-state index is 12.2. The molecular formula is C19H25N3O2S. The number of benzene rings is 1. The minimum Gasteiger partial charge on any atom is -0.348 e. The van der Waals surface area contributed by atoms with Crippen LogP contribution in [-0.2, 0) is 9.59 Å². The number of hydrogen-bond donors (Lipinski definition) is 2. The van der Waals surface area contributed by atoms with Crippen LogP contribution in [0.5, 0.6) is 0 Å². The minimum atomic E-state index is -0.129. The minimum absolute atomic E-state index is 0.0235. The fourth-order valence-corrected chi connectivity index (χ4v) is 3.25. The zero-order valence-electron chi connectivity index (χ0n) is 15.1. The highest BCUT2D eigenvalue weighted by atomic mass is 32.1. The molecule has 0 bridgehead atoms. The van der Waals surface area contributed by atoms with Crippen LogP contribution in [0.1, 0.15) is 29.0 Å². The summed E-state index contributed by atoms with van der Waals surface area (Å²) in [5.41, 5.74) is 3.00. The second-order valence-electron chi connectivity index (χ2n) is 6.27. The number of carbonyl (C=O) groups excluding carboxylic acids is 2. The first-order valence-electron chi connectivity index (χ1n) is 8.24. The van der Waals surface area contributed by atoms with Crippen molar-refractivity contribution in [1.82, 2.24) is 10.2 Å². The third-order valence-electron chi connectivity index (χ3n) is 4.05. The maximum absolute atomic E-state index is 12.2. The van der Waals surface area contributed by atoms with E-state index in [1.165, 1.54) is 0 Å². The van der Waals surface area contributed by atoms with E-state index in [0.29, 0.717) is 0 Å². The van der Waals surface area contributed by atoms with E-state index >= 15 is 0 Å². The van der Waals surface area contributed by atoms with Crippen LogP contribution in [0.15, 0.2) is 35.7 Å². The lowest BCUT2D eigenvalue weighted by Crippen LogP contribution is -2.39. The van der Waals surface area contributed by atoms with Gasteiger partial charge >= 0.3 is 0 Å². The molecule has 2 N–H and O–H groups in total. The molecule has 1 atom stereocenters. The molecule has 1 heterocycles. The van der Waals surface area contributed by atoms with Gasteiger partial charge in [-0.1, -0.05) is 18.2 Å². The third-order valence-corrected chi connectivity index (χ3v) is 5.11. The molecule has 1 aromatic heterocycles. The fourth-order valence-electron chi connectivity index (χ4n) is 2.52. The molecule has 0 saturated carbocycles. The lowest BCUT2D eigenvalue weighted by molar-refractivity contribution is -0.123. The predicted molar refractivity (Wildman–Crippen MR) is 103 cm³/mol. The topological polar surface area (TPSA) is 61.4 Å². The molecule has 0 aliphatic rings. The van der Waals surface area contributed by atoms with Crippen LogP contribution in [0.2, 0.25) is 0 Å². The van der Waals surface area contributed by atoms with Crippen molar-refractivity contribution in [3.05, 3.63) is 51.7 Å². The van der Waals surface area contributed by atoms with Gasteiger partial charge in [0.2, 0.25) is 11.8 Å². The van der Waals surface area contributed by atoms with E-state index in [-0.39, 0.29) is 30.9 Å². The van der Waals surface area contributed by atoms with E-state index in [1.807, 2.05) is 56.5 Å². The van der Waals surface area contributed by atoms with Gasteiger partial charge in [0.05, 0.1) is 19.1 Å². The number of carbonyl (C=O) groups is 2. The molecule has 2 amide bonds. The Balaban J connectivity index is 1.80. The van der Waals surface area contributed by atoms with Crippen molar-refractivity contribution in [3.8, 4) is 0 Å². The lowest BCUT2D eigenvalue weighted by Gasteiger charge is -2.18. The van der Waals surface area contributed by atoms with Crippen molar-refractivity contribution in [2.24, 2.45) is 0 Å². The Morgan fingerprint density at radius 2 is 1.84 bits per heavy atom. The number of amides is 2. The number of nitrogens with one attached hydrogen (secondary N) is 2. The normalized spacial score (nSPS) is 12.0. The Bertz CT molecular complexity index is 728. The summed E-state index contributed by atoms with van der Waals surface area (Å²) in [5, 5.41) is 7.85. The zero-order chi connectivity index (χ0) is 18.4. The summed E-state index contributed by atoms with van der Waals surface area (Å²) >= 11 is 1.61. The summed E-state index contributed by atoms with van der Waals surface area (Å²) in [6, 6.07) is 9.75. The molecule has 134 valence electrons. The summed E-state index contributed by atoms with van der Waals surface area (Å²) in [6.45, 7) is 6.28. The summed E-state index contributed by atoms with van der Waals surface area (Å²) in [4.78, 5) is 27.1. The van der Waals surface area contributed by atoms with Crippen LogP contribution >= 0.6 is 11.3 Å². The van der Waals surface area contributed by atoms with E-state index in [0.717, 1.165) is 21.7 Å². The van der Waals surface area contributed by atoms with Crippen molar-refractivity contribution >= 4 is 28.8 Å². The van der Waals surface area contributed by atoms with Gasteiger partial charge in [0, 0.05) is 10.6 Å². The number of nitrogens with zero attached hydrogens (tertiary/aromatic N) is 1. The quantitative estimate of drug-likeness (QED) is 0.798. The molecule has 0 aliphatic carbocycles. The second-order valence-corrected chi connectivity index (χ2v) is 7.25. The molecule has 0 radical (unpaired) electrons. The van der Waals surface area contributed by atoms with Gasteiger partial charge in [-0.2, -0.15) is 0 Å². The van der Waals surface area contributed by atoms with E-state index in [4.69, 9.17) is 0 Å². The van der Waals surface area contributed by atoms with Gasteiger partial charge in [0.15, 0.2) is 0 Å². The Hall–Kier alpha value is -2.18. The van der Waals surface area contributed by atoms with Crippen molar-refractivity contribution in [2.45, 2.75) is 26.8 Å². The summed E-state index contributed by atoms with van der Waals surface area (Å²) < 4.78 is 0. The molecule has 0 saturated heterocycles. The maximum Gasteiger partial charge on any atom is 0.238 e. The monoisotopic (exact) mass is 359 g/mol. The Morgan fingerprint density at radius 3 is 2.52 bits per heavy atom. The van der Waals surface area contributed by atoms with E-state index < -0.39 is 0 Å². The molecule has 2 rings (SSSR count). The number of likely N-dealkylation sites (N-methyl/N-ethyl adjacent to an activating group) is 1. The Labute approximate surface area is 153 Å². The lowest BCUT2D eigenvalue weighted by atomic mass is 10.1. The number of rotatable bonds is 7. The van der Waals surface area contributed by atoms with Gasteiger partial charge in [-0.3, -0.25) is 14.5 Å². The first-order chi connectivity index (χ1) is 11.9. The molecule has 0 unspecified atom stereocenters. The second kappa shape index (κ2) is 8.78. The SMILES string of the molecule is Cc1cccc(NC(=O)CN(C)CC(=O)N[C@@H](C)c2cccs2)c1C. The van der Waals surface area contributed by atoms with E-state index in [1.54, 1.807) is 23.3 Å². The Kier molecular flexibility index (Phi) is 6.73. The van der Waals surface area contributed by atoms with Crippen molar-refractivity contribution < 1.29 is 9.59 Å². The standard InChI is InChI=1S/C19H25N3O2S/c1-13-7-5-8-16(14(13)2)21-19(24)12-22(4)11-18(23)20-15(3)17-9-6-10-25-17/h5-10,15H,11-12H2,1-4H3,(H,20,23)(H,21,24)/t15-/m0/s1. The first-order valence-corrected chi connectivity index (χ1v) is 9.12. The van der Waals surface area contributed by atoms with Crippen molar-refractivity contribution in [2.75, 3.05) is 25.5 Å². The van der Waals surface area contributed by atoms with Crippen molar-refractivity contribution in [1.29, 1.82) is 0 Å². The molecule has 2 aromatic rings. The first kappa shape index (κ1) is 19.1. The van der Waals surface area contributed by atoms with E-state index in [2.05, 4.69) is 10.6 Å². The van der Waals surface area contributed by atoms with E-state index in [9.17, 15) is 9.59 Å². The molecule has 0 spiro atoms. The molecule has 6 heteroatoms. The average Bonchev–Trinajstić information content (AvgIpc) is 3.05. The zero-order valence-corrected chi connectivity index (χ0v) is 15.9. The number of aryl methyl sites for hydroxylation is 1. The Morgan fingerprint density at radius 1 is 1.12 bits per heavy atom. The van der Waals surface area contributed by atoms with Gasteiger partial charge < -0.3 is 10.6 Å². The highest BCUT2D eigenvalue weighted by Gasteiger charge is 2.14. The van der Waals surface area contributed by atoms with Gasteiger partial charge in [-0.25, -0.2) is 0 Å². The van der Waals surface area contributed by atoms with Gasteiger partial charge in [-0.15, -0.1) is 11.3 Å². The predicted octanol–water partition coefficient (Wildman–Crippen LogP) is 3.11. The van der Waals surface area contributed by atoms with Gasteiger partial charge in [0.25, 0.3) is 0 Å². The van der Waals surface area contributed by atoms with Crippen LogP contribution < -0.4 is 10.6 Å². The molecule has 0 fully saturated rings. The van der Waals surface area contributed by atoms with Crippen LogP contribution in [0.4, 0.5) is 5.69 Å². The summed E-state index contributed by atoms with van der Waals surface area (Å²) in [5.74, 6) is -0.224. The van der Waals surface area contributed by atoms with Crippen molar-refractivity contribution in [3.63, 3.8) is 0 Å². The average molecular weight is 359 g/mol. The fraction of sp³-hybridized carbons (Fsp3) is 0.368. The summed E-state index contributed by atoms with van der Waals surface area (Å²) in [6.07, 6.45) is 0. The molecule has 0 aliphatic heterocycles. The summed E-state index contributed by atoms with van der Waals surface area (Å²) in [7, 11) is 1.76. The molecule has 1 aromatic carbocycles. The number of anilines is 1. The number of thiophene rings is 1. The molecule has 5 nitrogen and oxygen atoms in total. The number of hydrogen-bond acceptors (Lipinski definition) is 4.